The predicted octanol–water partition coefficient (Wildman–Crippen LogP) is 0.876. The number of pyridine rings is 1. The summed E-state index contributed by atoms with van der Waals surface area (Å²) in [5, 5.41) is 5.32. The van der Waals surface area contributed by atoms with E-state index < -0.39 is 5.92 Å². The molecule has 2 aromatic rings. The van der Waals surface area contributed by atoms with Gasteiger partial charge in [-0.2, -0.15) is 0 Å². The number of carbonyl (C=O) groups is 3. The molecule has 1 aromatic heterocycles. The largest absolute Gasteiger partial charge is 0.497 e. The van der Waals surface area contributed by atoms with E-state index in [0.717, 1.165) is 11.3 Å². The van der Waals surface area contributed by atoms with Gasteiger partial charge in [0.2, 0.25) is 17.7 Å². The first-order valence-corrected chi connectivity index (χ1v) is 8.94. The van der Waals surface area contributed by atoms with E-state index in [-0.39, 0.29) is 37.2 Å². The molecule has 2 N–H and O–H groups in total. The Morgan fingerprint density at radius 2 is 2.00 bits per heavy atom. The van der Waals surface area contributed by atoms with Gasteiger partial charge in [-0.05, 0) is 35.9 Å². The summed E-state index contributed by atoms with van der Waals surface area (Å²) in [4.78, 5) is 42.1. The fourth-order valence-corrected chi connectivity index (χ4v) is 2.97. The maximum Gasteiger partial charge on any atom is 0.239 e. The van der Waals surface area contributed by atoms with Crippen LogP contribution in [-0.2, 0) is 20.9 Å². The highest BCUT2D eigenvalue weighted by molar-refractivity contribution is 6.00. The van der Waals surface area contributed by atoms with E-state index in [1.54, 1.807) is 54.7 Å². The molecule has 1 unspecified atom stereocenters. The molecule has 1 atom stereocenters. The summed E-state index contributed by atoms with van der Waals surface area (Å²) in [6, 6.07) is 10.7. The molecule has 28 heavy (non-hydrogen) atoms. The molecule has 1 fully saturated rings. The Bertz CT molecular complexity index is 839. The third-order valence-electron chi connectivity index (χ3n) is 4.52. The third-order valence-corrected chi connectivity index (χ3v) is 4.52. The second-order valence-electron chi connectivity index (χ2n) is 6.46. The molecular formula is C20H22N4O4. The van der Waals surface area contributed by atoms with E-state index >= 15 is 0 Å². The van der Waals surface area contributed by atoms with E-state index in [2.05, 4.69) is 15.6 Å². The highest BCUT2D eigenvalue weighted by atomic mass is 16.5. The van der Waals surface area contributed by atoms with Crippen LogP contribution in [0.1, 0.15) is 12.0 Å². The lowest BCUT2D eigenvalue weighted by Gasteiger charge is -2.17. The minimum absolute atomic E-state index is 0.119. The van der Waals surface area contributed by atoms with Gasteiger partial charge in [0, 0.05) is 37.6 Å². The van der Waals surface area contributed by atoms with Crippen molar-refractivity contribution >= 4 is 23.4 Å². The first-order valence-electron chi connectivity index (χ1n) is 8.94. The van der Waals surface area contributed by atoms with Crippen molar-refractivity contribution in [2.45, 2.75) is 13.0 Å². The Kier molecular flexibility index (Phi) is 6.21. The van der Waals surface area contributed by atoms with Crippen LogP contribution in [0.5, 0.6) is 5.75 Å². The summed E-state index contributed by atoms with van der Waals surface area (Å²) in [5.74, 6) is -0.511. The number of hydrogen-bond donors (Lipinski definition) is 2. The number of hydrogen-bond acceptors (Lipinski definition) is 5. The van der Waals surface area contributed by atoms with Crippen molar-refractivity contribution in [3.8, 4) is 5.75 Å². The van der Waals surface area contributed by atoms with Crippen LogP contribution in [0.3, 0.4) is 0 Å². The van der Waals surface area contributed by atoms with Crippen molar-refractivity contribution in [1.82, 2.24) is 15.6 Å². The molecule has 0 spiro atoms. The molecule has 3 rings (SSSR count). The van der Waals surface area contributed by atoms with Gasteiger partial charge < -0.3 is 20.3 Å². The Morgan fingerprint density at radius 1 is 1.21 bits per heavy atom. The summed E-state index contributed by atoms with van der Waals surface area (Å²) >= 11 is 0. The zero-order valence-electron chi connectivity index (χ0n) is 15.6. The van der Waals surface area contributed by atoms with Crippen LogP contribution in [-0.4, -0.2) is 42.9 Å². The molecule has 8 heteroatoms. The molecule has 1 aliphatic rings. The molecule has 8 nitrogen and oxygen atoms in total. The van der Waals surface area contributed by atoms with Gasteiger partial charge in [0.25, 0.3) is 0 Å². The first-order chi connectivity index (χ1) is 13.6. The number of benzene rings is 1. The Hall–Kier alpha value is -3.42. The zero-order chi connectivity index (χ0) is 19.9. The number of carbonyl (C=O) groups excluding carboxylic acids is 3. The van der Waals surface area contributed by atoms with Crippen LogP contribution in [0.15, 0.2) is 48.8 Å². The molecule has 0 bridgehead atoms. The van der Waals surface area contributed by atoms with Gasteiger partial charge in [0.15, 0.2) is 0 Å². The Balaban J connectivity index is 1.46. The van der Waals surface area contributed by atoms with Crippen LogP contribution in [0, 0.1) is 5.92 Å². The number of aromatic nitrogens is 1. The number of nitrogens with one attached hydrogen (secondary N) is 2. The SMILES string of the molecule is COc1ccc(N2CC(C(=O)NCC(=O)NCc3cccnc3)CC2=O)cc1. The van der Waals surface area contributed by atoms with Gasteiger partial charge >= 0.3 is 0 Å². The average molecular weight is 382 g/mol. The second-order valence-corrected chi connectivity index (χ2v) is 6.46. The number of ether oxygens (including phenoxy) is 1. The van der Waals surface area contributed by atoms with Gasteiger partial charge in [0.1, 0.15) is 5.75 Å². The van der Waals surface area contributed by atoms with E-state index in [4.69, 9.17) is 4.74 Å². The van der Waals surface area contributed by atoms with Gasteiger partial charge in [-0.3, -0.25) is 19.4 Å². The highest BCUT2D eigenvalue weighted by Gasteiger charge is 2.35. The van der Waals surface area contributed by atoms with Crippen molar-refractivity contribution in [2.75, 3.05) is 25.1 Å². The number of rotatable bonds is 7. The molecular weight excluding hydrogens is 360 g/mol. The molecule has 0 radical (unpaired) electrons. The minimum atomic E-state index is -0.485. The van der Waals surface area contributed by atoms with E-state index in [1.165, 1.54) is 0 Å². The van der Waals surface area contributed by atoms with Gasteiger partial charge in [0.05, 0.1) is 19.6 Å². The number of methoxy groups -OCH3 is 1. The molecule has 0 aliphatic carbocycles. The molecule has 0 saturated carbocycles. The van der Waals surface area contributed by atoms with Gasteiger partial charge in [-0.1, -0.05) is 6.07 Å². The summed E-state index contributed by atoms with van der Waals surface area (Å²) in [6.45, 7) is 0.496. The van der Waals surface area contributed by atoms with Crippen LogP contribution >= 0.6 is 0 Å². The average Bonchev–Trinajstić information content (AvgIpc) is 3.13. The Labute approximate surface area is 162 Å². The minimum Gasteiger partial charge on any atom is -0.497 e. The molecule has 146 valence electrons. The molecule has 1 saturated heterocycles. The third kappa shape index (κ3) is 4.85. The summed E-state index contributed by atoms with van der Waals surface area (Å²) in [6.07, 6.45) is 3.44. The summed E-state index contributed by atoms with van der Waals surface area (Å²) < 4.78 is 5.11. The second kappa shape index (κ2) is 8.98. The maximum atomic E-state index is 12.3. The molecule has 1 aromatic carbocycles. The van der Waals surface area contributed by atoms with Crippen molar-refractivity contribution in [2.24, 2.45) is 5.92 Å². The lowest BCUT2D eigenvalue weighted by Crippen LogP contribution is -2.40. The van der Waals surface area contributed by atoms with Crippen LogP contribution in [0.2, 0.25) is 0 Å². The van der Waals surface area contributed by atoms with Crippen molar-refractivity contribution in [1.29, 1.82) is 0 Å². The van der Waals surface area contributed by atoms with E-state index in [0.29, 0.717) is 12.3 Å². The standard InChI is InChI=1S/C20H22N4O4/c1-28-17-6-4-16(5-7-17)24-13-15(9-19(24)26)20(27)23-12-18(25)22-11-14-3-2-8-21-10-14/h2-8,10,15H,9,11-13H2,1H3,(H,22,25)(H,23,27). The Morgan fingerprint density at radius 3 is 2.68 bits per heavy atom. The fraction of sp³-hybridized carbons (Fsp3) is 0.300. The summed E-state index contributed by atoms with van der Waals surface area (Å²) in [5.41, 5.74) is 1.59. The fourth-order valence-electron chi connectivity index (χ4n) is 2.97. The molecule has 1 aliphatic heterocycles. The topological polar surface area (TPSA) is 101 Å². The normalized spacial score (nSPS) is 16.0. The van der Waals surface area contributed by atoms with Crippen LogP contribution in [0.4, 0.5) is 5.69 Å². The van der Waals surface area contributed by atoms with Crippen LogP contribution < -0.4 is 20.3 Å². The lowest BCUT2D eigenvalue weighted by atomic mass is 10.1. The quantitative estimate of drug-likeness (QED) is 0.740. The number of amides is 3. The maximum absolute atomic E-state index is 12.3. The zero-order valence-corrected chi connectivity index (χ0v) is 15.6. The van der Waals surface area contributed by atoms with Crippen molar-refractivity contribution in [3.05, 3.63) is 54.4 Å². The number of anilines is 1. The highest BCUT2D eigenvalue weighted by Crippen LogP contribution is 2.26. The number of nitrogens with zero attached hydrogens (tertiary/aromatic N) is 2. The van der Waals surface area contributed by atoms with E-state index in [1.807, 2.05) is 6.07 Å². The van der Waals surface area contributed by atoms with Gasteiger partial charge in [-0.25, -0.2) is 0 Å². The van der Waals surface area contributed by atoms with Crippen LogP contribution in [0.25, 0.3) is 0 Å². The van der Waals surface area contributed by atoms with Gasteiger partial charge in [-0.15, -0.1) is 0 Å². The first kappa shape index (κ1) is 19.3. The predicted molar refractivity (Wildman–Crippen MR) is 103 cm³/mol. The lowest BCUT2D eigenvalue weighted by molar-refractivity contribution is -0.129. The van der Waals surface area contributed by atoms with E-state index in [9.17, 15) is 14.4 Å². The smallest absolute Gasteiger partial charge is 0.239 e. The van der Waals surface area contributed by atoms with Crippen molar-refractivity contribution in [3.63, 3.8) is 0 Å². The van der Waals surface area contributed by atoms with Crippen molar-refractivity contribution < 1.29 is 19.1 Å². The molecule has 2 heterocycles. The summed E-state index contributed by atoms with van der Waals surface area (Å²) in [7, 11) is 1.57. The molecule has 3 amide bonds. The monoisotopic (exact) mass is 382 g/mol.